The van der Waals surface area contributed by atoms with E-state index in [-0.39, 0.29) is 10.4 Å². The molecule has 1 aromatic heterocycles. The Labute approximate surface area is 107 Å². The van der Waals surface area contributed by atoms with E-state index in [9.17, 15) is 26.7 Å². The van der Waals surface area contributed by atoms with E-state index >= 15 is 0 Å². The second-order valence-electron chi connectivity index (χ2n) is 3.66. The molecule has 5 nitrogen and oxygen atoms in total. The fourth-order valence-corrected chi connectivity index (χ4v) is 1.49. The largest absolute Gasteiger partial charge is 0.396 e. The Hall–Kier alpha value is -2.65. The third-order valence-corrected chi connectivity index (χ3v) is 2.39. The van der Waals surface area contributed by atoms with Crippen LogP contribution in [-0.2, 0) is 0 Å². The first kappa shape index (κ1) is 13.8. The Morgan fingerprint density at radius 1 is 1.00 bits per heavy atom. The summed E-state index contributed by atoms with van der Waals surface area (Å²) in [5, 5.41) is 3.29. The Balaban J connectivity index is 2.77. The molecular weight excluding hydrogens is 287 g/mol. The smallest absolute Gasteiger partial charge is 0.271 e. The van der Waals surface area contributed by atoms with Gasteiger partial charge in [0.25, 0.3) is 5.91 Å². The molecule has 1 amide bonds. The topological polar surface area (TPSA) is 86.9 Å². The van der Waals surface area contributed by atoms with Crippen molar-refractivity contribution in [3.05, 3.63) is 41.0 Å². The zero-order chi connectivity index (χ0) is 15.2. The molecule has 10 heteroatoms. The predicted molar refractivity (Wildman–Crippen MR) is 56.3 cm³/mol. The Bertz CT molecular complexity index is 698. The summed E-state index contributed by atoms with van der Waals surface area (Å²) in [6.07, 6.45) is 0.707. The molecule has 0 spiro atoms. The maximum atomic E-state index is 13.5. The summed E-state index contributed by atoms with van der Waals surface area (Å²) in [6, 6.07) is 0. The number of amides is 1. The molecule has 0 radical (unpaired) electrons. The summed E-state index contributed by atoms with van der Waals surface area (Å²) < 4.78 is 66.2. The summed E-state index contributed by atoms with van der Waals surface area (Å²) in [5.41, 5.74) is 7.88. The lowest BCUT2D eigenvalue weighted by molar-refractivity contribution is 0.0996. The van der Waals surface area contributed by atoms with E-state index in [2.05, 4.69) is 5.10 Å². The average molecular weight is 292 g/mol. The van der Waals surface area contributed by atoms with Crippen LogP contribution in [0.15, 0.2) is 6.20 Å². The molecule has 20 heavy (non-hydrogen) atoms. The molecule has 0 aliphatic rings. The van der Waals surface area contributed by atoms with E-state index < -0.39 is 46.4 Å². The van der Waals surface area contributed by atoms with Gasteiger partial charge in [-0.2, -0.15) is 5.10 Å². The highest BCUT2D eigenvalue weighted by Gasteiger charge is 2.28. The number of hydrogen-bond acceptors (Lipinski definition) is 3. The molecule has 4 N–H and O–H groups in total. The Morgan fingerprint density at radius 3 is 1.85 bits per heavy atom. The molecule has 1 aromatic carbocycles. The molecule has 0 fully saturated rings. The molecule has 0 atom stereocenters. The SMILES string of the molecule is NC(=O)c1nn(-c2c(F)c(F)c(F)c(F)c2F)cc1N. The van der Waals surface area contributed by atoms with Gasteiger partial charge in [0.1, 0.15) is 5.69 Å². The third-order valence-electron chi connectivity index (χ3n) is 2.39. The van der Waals surface area contributed by atoms with Crippen LogP contribution in [0, 0.1) is 29.1 Å². The van der Waals surface area contributed by atoms with Crippen molar-refractivity contribution < 1.29 is 26.7 Å². The first-order valence-electron chi connectivity index (χ1n) is 4.92. The van der Waals surface area contributed by atoms with Gasteiger partial charge in [0.2, 0.25) is 5.82 Å². The Kier molecular flexibility index (Phi) is 3.08. The van der Waals surface area contributed by atoms with E-state index in [1.165, 1.54) is 0 Å². The van der Waals surface area contributed by atoms with Gasteiger partial charge in [-0.15, -0.1) is 0 Å². The molecule has 0 saturated carbocycles. The second kappa shape index (κ2) is 4.47. The molecular formula is C10H5F5N4O. The number of aromatic nitrogens is 2. The number of nitrogen functional groups attached to an aromatic ring is 1. The number of carbonyl (C=O) groups excluding carboxylic acids is 1. The van der Waals surface area contributed by atoms with Gasteiger partial charge in [0.15, 0.2) is 29.0 Å². The zero-order valence-electron chi connectivity index (χ0n) is 9.42. The van der Waals surface area contributed by atoms with E-state index in [0.717, 1.165) is 0 Å². The minimum Gasteiger partial charge on any atom is -0.396 e. The van der Waals surface area contributed by atoms with Crippen LogP contribution in [0.5, 0.6) is 0 Å². The van der Waals surface area contributed by atoms with Gasteiger partial charge in [0.05, 0.1) is 11.9 Å². The van der Waals surface area contributed by atoms with Crippen LogP contribution in [0.25, 0.3) is 5.69 Å². The number of nitrogens with zero attached hydrogens (tertiary/aromatic N) is 2. The molecule has 0 saturated heterocycles. The van der Waals surface area contributed by atoms with Gasteiger partial charge in [0, 0.05) is 0 Å². The van der Waals surface area contributed by atoms with Gasteiger partial charge in [-0.05, 0) is 0 Å². The number of halogens is 5. The lowest BCUT2D eigenvalue weighted by atomic mass is 10.2. The number of anilines is 1. The quantitative estimate of drug-likeness (QED) is 0.496. The number of nitrogens with two attached hydrogens (primary N) is 2. The maximum absolute atomic E-state index is 13.5. The fraction of sp³-hybridized carbons (Fsp3) is 0. The van der Waals surface area contributed by atoms with Crippen molar-refractivity contribution in [2.75, 3.05) is 5.73 Å². The third kappa shape index (κ3) is 1.85. The molecule has 1 heterocycles. The fourth-order valence-electron chi connectivity index (χ4n) is 1.49. The number of hydrogen-bond donors (Lipinski definition) is 2. The highest BCUT2D eigenvalue weighted by Crippen LogP contribution is 2.26. The summed E-state index contributed by atoms with van der Waals surface area (Å²) in [7, 11) is 0. The van der Waals surface area contributed by atoms with Crippen LogP contribution >= 0.6 is 0 Å². The maximum Gasteiger partial charge on any atom is 0.271 e. The van der Waals surface area contributed by atoms with Crippen molar-refractivity contribution in [1.29, 1.82) is 0 Å². The van der Waals surface area contributed by atoms with Gasteiger partial charge in [-0.25, -0.2) is 26.6 Å². The van der Waals surface area contributed by atoms with E-state index in [1.54, 1.807) is 0 Å². The van der Waals surface area contributed by atoms with E-state index in [1.807, 2.05) is 0 Å². The number of benzene rings is 1. The van der Waals surface area contributed by atoms with Gasteiger partial charge in [-0.3, -0.25) is 4.79 Å². The lowest BCUT2D eigenvalue weighted by Gasteiger charge is -2.07. The standard InChI is InChI=1S/C10H5F5N4O/c11-3-4(12)6(14)9(7(15)5(3)13)19-1-2(16)8(18-19)10(17)20/h1H,16H2,(H2,17,20). The van der Waals surface area contributed by atoms with Gasteiger partial charge in [-0.1, -0.05) is 0 Å². The van der Waals surface area contributed by atoms with Crippen molar-refractivity contribution in [1.82, 2.24) is 9.78 Å². The van der Waals surface area contributed by atoms with Crippen molar-refractivity contribution in [3.8, 4) is 5.69 Å². The molecule has 106 valence electrons. The summed E-state index contributed by atoms with van der Waals surface area (Å²) in [6.45, 7) is 0. The lowest BCUT2D eigenvalue weighted by Crippen LogP contribution is -2.15. The number of primary amides is 1. The first-order chi connectivity index (χ1) is 9.25. The summed E-state index contributed by atoms with van der Waals surface area (Å²) in [5.74, 6) is -11.9. The summed E-state index contributed by atoms with van der Waals surface area (Å²) >= 11 is 0. The van der Waals surface area contributed by atoms with Crippen LogP contribution in [0.4, 0.5) is 27.6 Å². The van der Waals surface area contributed by atoms with Gasteiger partial charge >= 0.3 is 0 Å². The highest BCUT2D eigenvalue weighted by atomic mass is 19.2. The minimum atomic E-state index is -2.31. The minimum absolute atomic E-state index is 0.256. The Morgan fingerprint density at radius 2 is 1.45 bits per heavy atom. The molecule has 0 bridgehead atoms. The van der Waals surface area contributed by atoms with Crippen LogP contribution in [0.2, 0.25) is 0 Å². The zero-order valence-corrected chi connectivity index (χ0v) is 9.42. The van der Waals surface area contributed by atoms with Crippen LogP contribution < -0.4 is 11.5 Å². The number of carbonyl (C=O) groups is 1. The van der Waals surface area contributed by atoms with Crippen molar-refractivity contribution in [2.45, 2.75) is 0 Å². The van der Waals surface area contributed by atoms with Crippen molar-refractivity contribution in [3.63, 3.8) is 0 Å². The molecule has 2 aromatic rings. The van der Waals surface area contributed by atoms with Crippen molar-refractivity contribution >= 4 is 11.6 Å². The van der Waals surface area contributed by atoms with E-state index in [0.29, 0.717) is 6.20 Å². The summed E-state index contributed by atoms with van der Waals surface area (Å²) in [4.78, 5) is 10.9. The molecule has 0 aliphatic carbocycles. The van der Waals surface area contributed by atoms with E-state index in [4.69, 9.17) is 11.5 Å². The second-order valence-corrected chi connectivity index (χ2v) is 3.66. The van der Waals surface area contributed by atoms with Crippen molar-refractivity contribution in [2.24, 2.45) is 5.73 Å². The monoisotopic (exact) mass is 292 g/mol. The van der Waals surface area contributed by atoms with Crippen LogP contribution in [-0.4, -0.2) is 15.7 Å². The molecule has 0 unspecified atom stereocenters. The normalized spacial score (nSPS) is 10.8. The highest BCUT2D eigenvalue weighted by molar-refractivity contribution is 5.95. The molecule has 2 rings (SSSR count). The average Bonchev–Trinajstić information content (AvgIpc) is 2.76. The van der Waals surface area contributed by atoms with Crippen LogP contribution in [0.3, 0.4) is 0 Å². The van der Waals surface area contributed by atoms with Gasteiger partial charge < -0.3 is 11.5 Å². The number of rotatable bonds is 2. The predicted octanol–water partition coefficient (Wildman–Crippen LogP) is 1.25. The van der Waals surface area contributed by atoms with Crippen LogP contribution in [0.1, 0.15) is 10.5 Å². The molecule has 0 aliphatic heterocycles. The first-order valence-corrected chi connectivity index (χ1v) is 4.92.